The summed E-state index contributed by atoms with van der Waals surface area (Å²) in [6.45, 7) is 6.86. The molecule has 0 heterocycles. The van der Waals surface area contributed by atoms with Crippen molar-refractivity contribution < 1.29 is 0 Å². The minimum absolute atomic E-state index is 0.349. The Morgan fingerprint density at radius 1 is 1.42 bits per heavy atom. The number of nitrogens with zero attached hydrogens (tertiary/aromatic N) is 1. The molecule has 1 aliphatic carbocycles. The molecule has 0 aliphatic heterocycles. The van der Waals surface area contributed by atoms with Crippen LogP contribution < -0.4 is 0 Å². The lowest BCUT2D eigenvalue weighted by molar-refractivity contribution is 0.384. The van der Waals surface area contributed by atoms with Crippen molar-refractivity contribution in [2.45, 2.75) is 40.0 Å². The van der Waals surface area contributed by atoms with Crippen molar-refractivity contribution in [3.8, 4) is 0 Å². The predicted octanol–water partition coefficient (Wildman–Crippen LogP) is 3.21. The number of rotatable bonds is 1. The lowest BCUT2D eigenvalue weighted by Crippen LogP contribution is -2.21. The highest BCUT2D eigenvalue weighted by Gasteiger charge is 2.26. The van der Waals surface area contributed by atoms with E-state index in [4.69, 9.17) is 0 Å². The van der Waals surface area contributed by atoms with E-state index in [1.165, 1.54) is 30.4 Å². The summed E-state index contributed by atoms with van der Waals surface area (Å²) < 4.78 is 0. The number of aliphatic imine (C=N–C) groups is 1. The highest BCUT2D eigenvalue weighted by molar-refractivity contribution is 5.81. The van der Waals surface area contributed by atoms with Gasteiger partial charge in [0, 0.05) is 13.3 Å². The van der Waals surface area contributed by atoms with Gasteiger partial charge in [-0.25, -0.2) is 0 Å². The second-order valence-electron chi connectivity index (χ2n) is 4.32. The van der Waals surface area contributed by atoms with Crippen molar-refractivity contribution in [1.82, 2.24) is 0 Å². The van der Waals surface area contributed by atoms with Crippen molar-refractivity contribution in [2.24, 2.45) is 10.4 Å². The molecule has 0 aromatic heterocycles. The van der Waals surface area contributed by atoms with E-state index in [1.807, 2.05) is 13.3 Å². The summed E-state index contributed by atoms with van der Waals surface area (Å²) in [4.78, 5) is 4.12. The third kappa shape index (κ3) is 1.77. The van der Waals surface area contributed by atoms with E-state index in [2.05, 4.69) is 25.8 Å². The van der Waals surface area contributed by atoms with E-state index < -0.39 is 0 Å². The van der Waals surface area contributed by atoms with Crippen LogP contribution in [0.2, 0.25) is 0 Å². The van der Waals surface area contributed by atoms with Crippen LogP contribution in [0.3, 0.4) is 0 Å². The van der Waals surface area contributed by atoms with Crippen molar-refractivity contribution in [3.05, 3.63) is 11.1 Å². The van der Waals surface area contributed by atoms with E-state index in [0.717, 1.165) is 0 Å². The quantitative estimate of drug-likeness (QED) is 0.529. The van der Waals surface area contributed by atoms with Crippen LogP contribution in [0.1, 0.15) is 40.0 Å². The zero-order valence-corrected chi connectivity index (χ0v) is 8.65. The Labute approximate surface area is 75.6 Å². The SMILES string of the molecule is CN=CC1=C(C)CCCC1(C)C. The molecule has 0 aromatic rings. The molecule has 1 nitrogen and oxygen atoms in total. The molecule has 1 aliphatic rings. The van der Waals surface area contributed by atoms with Crippen molar-refractivity contribution in [3.63, 3.8) is 0 Å². The molecule has 0 N–H and O–H groups in total. The molecule has 0 fully saturated rings. The van der Waals surface area contributed by atoms with Crippen LogP contribution >= 0.6 is 0 Å². The van der Waals surface area contributed by atoms with E-state index in [9.17, 15) is 0 Å². The fraction of sp³-hybridized carbons (Fsp3) is 0.727. The fourth-order valence-corrected chi connectivity index (χ4v) is 2.06. The minimum atomic E-state index is 0.349. The van der Waals surface area contributed by atoms with Gasteiger partial charge in [-0.2, -0.15) is 0 Å². The normalized spacial score (nSPS) is 23.7. The molecule has 0 radical (unpaired) electrons. The van der Waals surface area contributed by atoms with Crippen LogP contribution in [0.25, 0.3) is 0 Å². The summed E-state index contributed by atoms with van der Waals surface area (Å²) in [6, 6.07) is 0. The highest BCUT2D eigenvalue weighted by Crippen LogP contribution is 2.38. The molecule has 0 bridgehead atoms. The second-order valence-corrected chi connectivity index (χ2v) is 4.32. The van der Waals surface area contributed by atoms with E-state index in [1.54, 1.807) is 0 Å². The predicted molar refractivity (Wildman–Crippen MR) is 54.7 cm³/mol. The Balaban J connectivity index is 3.00. The number of hydrogen-bond donors (Lipinski definition) is 0. The number of hydrogen-bond acceptors (Lipinski definition) is 1. The summed E-state index contributed by atoms with van der Waals surface area (Å²) in [7, 11) is 1.85. The molecule has 0 amide bonds. The molecule has 0 spiro atoms. The molecule has 0 unspecified atom stereocenters. The Morgan fingerprint density at radius 2 is 2.08 bits per heavy atom. The van der Waals surface area contributed by atoms with Gasteiger partial charge < -0.3 is 0 Å². The first-order chi connectivity index (χ1) is 5.58. The average molecular weight is 165 g/mol. The second kappa shape index (κ2) is 3.42. The summed E-state index contributed by atoms with van der Waals surface area (Å²) in [5, 5.41) is 0. The first-order valence-corrected chi connectivity index (χ1v) is 4.70. The molecule has 1 heteroatoms. The standard InChI is InChI=1S/C11H19N/c1-9-6-5-7-11(2,3)10(9)8-12-4/h8H,5-7H2,1-4H3. The van der Waals surface area contributed by atoms with Crippen LogP contribution in [-0.4, -0.2) is 13.3 Å². The van der Waals surface area contributed by atoms with Crippen molar-refractivity contribution in [2.75, 3.05) is 7.05 Å². The Bertz CT molecular complexity index is 221. The van der Waals surface area contributed by atoms with Crippen LogP contribution in [0.5, 0.6) is 0 Å². The van der Waals surface area contributed by atoms with Gasteiger partial charge in [-0.05, 0) is 37.2 Å². The monoisotopic (exact) mass is 165 g/mol. The molecular formula is C11H19N. The van der Waals surface area contributed by atoms with Gasteiger partial charge in [0.05, 0.1) is 0 Å². The van der Waals surface area contributed by atoms with Gasteiger partial charge in [0.15, 0.2) is 0 Å². The van der Waals surface area contributed by atoms with Crippen LogP contribution in [0.4, 0.5) is 0 Å². The Hall–Kier alpha value is -0.590. The van der Waals surface area contributed by atoms with Gasteiger partial charge >= 0.3 is 0 Å². The molecule has 12 heavy (non-hydrogen) atoms. The largest absolute Gasteiger partial charge is 0.296 e. The summed E-state index contributed by atoms with van der Waals surface area (Å²) in [6.07, 6.45) is 5.92. The average Bonchev–Trinajstić information content (AvgIpc) is 1.97. The molecule has 0 atom stereocenters. The molecule has 0 aromatic carbocycles. The van der Waals surface area contributed by atoms with Crippen LogP contribution in [0, 0.1) is 5.41 Å². The lowest BCUT2D eigenvalue weighted by atomic mass is 9.73. The highest BCUT2D eigenvalue weighted by atomic mass is 14.6. The smallest absolute Gasteiger partial charge is 0.0277 e. The molecular weight excluding hydrogens is 146 g/mol. The maximum Gasteiger partial charge on any atom is 0.0277 e. The summed E-state index contributed by atoms with van der Waals surface area (Å²) in [5.74, 6) is 0. The molecule has 0 saturated heterocycles. The van der Waals surface area contributed by atoms with Crippen molar-refractivity contribution >= 4 is 6.21 Å². The topological polar surface area (TPSA) is 12.4 Å². The van der Waals surface area contributed by atoms with Crippen LogP contribution in [-0.2, 0) is 0 Å². The van der Waals surface area contributed by atoms with Gasteiger partial charge in [-0.15, -0.1) is 0 Å². The fourth-order valence-electron chi connectivity index (χ4n) is 2.06. The molecule has 1 rings (SSSR count). The maximum atomic E-state index is 4.12. The van der Waals surface area contributed by atoms with E-state index >= 15 is 0 Å². The summed E-state index contributed by atoms with van der Waals surface area (Å²) in [5.41, 5.74) is 3.33. The van der Waals surface area contributed by atoms with Gasteiger partial charge in [-0.1, -0.05) is 19.4 Å². The van der Waals surface area contributed by atoms with Gasteiger partial charge in [-0.3, -0.25) is 4.99 Å². The third-order valence-electron chi connectivity index (χ3n) is 2.80. The zero-order chi connectivity index (χ0) is 9.19. The molecule has 0 saturated carbocycles. The van der Waals surface area contributed by atoms with E-state index in [-0.39, 0.29) is 0 Å². The zero-order valence-electron chi connectivity index (χ0n) is 8.65. The Kier molecular flexibility index (Phi) is 2.71. The minimum Gasteiger partial charge on any atom is -0.296 e. The van der Waals surface area contributed by atoms with Gasteiger partial charge in [0.1, 0.15) is 0 Å². The molecule has 68 valence electrons. The summed E-state index contributed by atoms with van der Waals surface area (Å²) >= 11 is 0. The van der Waals surface area contributed by atoms with Gasteiger partial charge in [0.25, 0.3) is 0 Å². The number of allylic oxidation sites excluding steroid dienone is 2. The third-order valence-corrected chi connectivity index (χ3v) is 2.80. The maximum absolute atomic E-state index is 4.12. The van der Waals surface area contributed by atoms with Crippen LogP contribution in [0.15, 0.2) is 16.1 Å². The first kappa shape index (κ1) is 9.50. The first-order valence-electron chi connectivity index (χ1n) is 4.70. The van der Waals surface area contributed by atoms with Gasteiger partial charge in [0.2, 0.25) is 0 Å². The Morgan fingerprint density at radius 3 is 2.58 bits per heavy atom. The van der Waals surface area contributed by atoms with Crippen molar-refractivity contribution in [1.29, 1.82) is 0 Å². The van der Waals surface area contributed by atoms with E-state index in [0.29, 0.717) is 5.41 Å². The lowest BCUT2D eigenvalue weighted by Gasteiger charge is -2.32.